The summed E-state index contributed by atoms with van der Waals surface area (Å²) < 4.78 is 1.15. The second kappa shape index (κ2) is 7.07. The predicted molar refractivity (Wildman–Crippen MR) is 83.0 cm³/mol. The summed E-state index contributed by atoms with van der Waals surface area (Å²) >= 11 is 5.35. The van der Waals surface area contributed by atoms with Crippen LogP contribution in [0.2, 0.25) is 0 Å². The van der Waals surface area contributed by atoms with Crippen LogP contribution in [-0.4, -0.2) is 6.54 Å². The highest BCUT2D eigenvalue weighted by molar-refractivity contribution is 9.10. The summed E-state index contributed by atoms with van der Waals surface area (Å²) in [5.41, 5.74) is 7.26. The molecule has 0 spiro atoms. The van der Waals surface area contributed by atoms with Gasteiger partial charge >= 0.3 is 0 Å². The maximum absolute atomic E-state index is 5.89. The largest absolute Gasteiger partial charge is 0.330 e. The van der Waals surface area contributed by atoms with Crippen molar-refractivity contribution in [2.24, 2.45) is 11.7 Å². The Bertz CT molecular complexity index is 467. The van der Waals surface area contributed by atoms with E-state index in [0.717, 1.165) is 23.9 Å². The fourth-order valence-corrected chi connectivity index (χ4v) is 3.27. The Balaban J connectivity index is 1.89. The van der Waals surface area contributed by atoms with Crippen LogP contribution >= 0.6 is 27.3 Å². The Morgan fingerprint density at radius 2 is 2.11 bits per heavy atom. The Kier molecular flexibility index (Phi) is 5.42. The van der Waals surface area contributed by atoms with Crippen LogP contribution in [-0.2, 0) is 12.8 Å². The van der Waals surface area contributed by atoms with Crippen molar-refractivity contribution < 1.29 is 0 Å². The molecule has 1 nitrogen and oxygen atoms in total. The summed E-state index contributed by atoms with van der Waals surface area (Å²) in [5, 5.41) is 2.14. The van der Waals surface area contributed by atoms with Gasteiger partial charge in [-0.05, 0) is 60.9 Å². The topological polar surface area (TPSA) is 26.0 Å². The van der Waals surface area contributed by atoms with Gasteiger partial charge in [0.2, 0.25) is 0 Å². The van der Waals surface area contributed by atoms with Gasteiger partial charge in [0, 0.05) is 9.35 Å². The predicted octanol–water partition coefficient (Wildman–Crippen LogP) is 4.26. The van der Waals surface area contributed by atoms with Gasteiger partial charge in [-0.25, -0.2) is 0 Å². The molecule has 96 valence electrons. The molecule has 2 aromatic rings. The fraction of sp³-hybridized carbons (Fsp3) is 0.333. The highest BCUT2D eigenvalue weighted by atomic mass is 79.9. The molecule has 1 aromatic heterocycles. The number of rotatable bonds is 6. The molecule has 0 fully saturated rings. The number of nitrogens with two attached hydrogens (primary N) is 1. The van der Waals surface area contributed by atoms with E-state index in [1.54, 1.807) is 0 Å². The van der Waals surface area contributed by atoms with Crippen molar-refractivity contribution >= 4 is 27.3 Å². The average molecular weight is 324 g/mol. The second-order valence-electron chi connectivity index (χ2n) is 4.55. The molecule has 2 N–H and O–H groups in total. The fourth-order valence-electron chi connectivity index (χ4n) is 2.10. The summed E-state index contributed by atoms with van der Waals surface area (Å²) in [7, 11) is 0. The van der Waals surface area contributed by atoms with Gasteiger partial charge < -0.3 is 5.73 Å². The van der Waals surface area contributed by atoms with Gasteiger partial charge in [-0.2, -0.15) is 0 Å². The van der Waals surface area contributed by atoms with Crippen molar-refractivity contribution in [1.82, 2.24) is 0 Å². The summed E-state index contributed by atoms with van der Waals surface area (Å²) in [4.78, 5) is 1.46. The van der Waals surface area contributed by atoms with Gasteiger partial charge in [0.25, 0.3) is 0 Å². The molecular weight excluding hydrogens is 306 g/mol. The normalized spacial score (nSPS) is 12.6. The van der Waals surface area contributed by atoms with E-state index in [0.29, 0.717) is 5.92 Å². The molecule has 1 atom stereocenters. The van der Waals surface area contributed by atoms with Crippen LogP contribution in [0.3, 0.4) is 0 Å². The van der Waals surface area contributed by atoms with Crippen molar-refractivity contribution in [3.05, 3.63) is 56.7 Å². The van der Waals surface area contributed by atoms with Gasteiger partial charge in [0.05, 0.1) is 0 Å². The number of hydrogen-bond acceptors (Lipinski definition) is 2. The zero-order valence-corrected chi connectivity index (χ0v) is 12.7. The maximum atomic E-state index is 5.89. The quantitative estimate of drug-likeness (QED) is 0.844. The first-order valence-electron chi connectivity index (χ1n) is 6.25. The molecule has 0 radical (unpaired) electrons. The van der Waals surface area contributed by atoms with Crippen molar-refractivity contribution in [2.45, 2.75) is 19.3 Å². The van der Waals surface area contributed by atoms with E-state index in [9.17, 15) is 0 Å². The van der Waals surface area contributed by atoms with Crippen molar-refractivity contribution in [1.29, 1.82) is 0 Å². The Hall–Kier alpha value is -0.640. The van der Waals surface area contributed by atoms with E-state index in [-0.39, 0.29) is 0 Å². The van der Waals surface area contributed by atoms with Crippen LogP contribution in [0.5, 0.6) is 0 Å². The van der Waals surface area contributed by atoms with Crippen LogP contribution in [0, 0.1) is 5.92 Å². The maximum Gasteiger partial charge on any atom is 0.0177 e. The molecule has 1 heterocycles. The molecule has 0 saturated heterocycles. The molecule has 2 rings (SSSR count). The van der Waals surface area contributed by atoms with Crippen molar-refractivity contribution in [3.63, 3.8) is 0 Å². The Morgan fingerprint density at radius 3 is 2.78 bits per heavy atom. The zero-order chi connectivity index (χ0) is 12.8. The van der Waals surface area contributed by atoms with Crippen molar-refractivity contribution in [2.75, 3.05) is 6.54 Å². The van der Waals surface area contributed by atoms with Gasteiger partial charge in [-0.3, -0.25) is 0 Å². The first-order chi connectivity index (χ1) is 8.78. The Labute approximate surface area is 121 Å². The van der Waals surface area contributed by atoms with Gasteiger partial charge in [-0.1, -0.05) is 34.1 Å². The summed E-state index contributed by atoms with van der Waals surface area (Å²) in [5.74, 6) is 0.571. The van der Waals surface area contributed by atoms with Crippen LogP contribution in [0.4, 0.5) is 0 Å². The van der Waals surface area contributed by atoms with Gasteiger partial charge in [0.1, 0.15) is 0 Å². The third-order valence-corrected chi connectivity index (χ3v) is 4.56. The molecular formula is C15H18BrNS. The average Bonchev–Trinajstić information content (AvgIpc) is 2.87. The van der Waals surface area contributed by atoms with E-state index in [1.807, 2.05) is 11.3 Å². The third kappa shape index (κ3) is 4.23. The lowest BCUT2D eigenvalue weighted by atomic mass is 9.94. The van der Waals surface area contributed by atoms with Crippen LogP contribution < -0.4 is 5.73 Å². The molecule has 1 unspecified atom stereocenters. The minimum Gasteiger partial charge on any atom is -0.330 e. The molecule has 1 aromatic carbocycles. The smallest absolute Gasteiger partial charge is 0.0177 e. The van der Waals surface area contributed by atoms with E-state index in [4.69, 9.17) is 5.73 Å². The first kappa shape index (κ1) is 13.8. The number of thiophene rings is 1. The minimum absolute atomic E-state index is 0.571. The lowest BCUT2D eigenvalue weighted by molar-refractivity contribution is 0.496. The monoisotopic (exact) mass is 323 g/mol. The number of benzene rings is 1. The molecule has 0 aliphatic heterocycles. The number of hydrogen-bond donors (Lipinski definition) is 1. The zero-order valence-electron chi connectivity index (χ0n) is 10.3. The molecule has 18 heavy (non-hydrogen) atoms. The number of aryl methyl sites for hydroxylation is 1. The van der Waals surface area contributed by atoms with E-state index >= 15 is 0 Å². The molecule has 0 aliphatic carbocycles. The third-order valence-electron chi connectivity index (χ3n) is 3.13. The molecule has 3 heteroatoms. The van der Waals surface area contributed by atoms with Gasteiger partial charge in [-0.15, -0.1) is 11.3 Å². The summed E-state index contributed by atoms with van der Waals surface area (Å²) in [6.45, 7) is 0.762. The standard InChI is InChI=1S/C15H18BrNS/c16-14-4-1-3-12(10-14)9-13(11-17)6-7-15-5-2-8-18-15/h1-5,8,10,13H,6-7,9,11,17H2. The lowest BCUT2D eigenvalue weighted by Gasteiger charge is -2.14. The first-order valence-corrected chi connectivity index (χ1v) is 7.92. The number of halogens is 1. The van der Waals surface area contributed by atoms with Crippen LogP contribution in [0.15, 0.2) is 46.3 Å². The molecule has 0 amide bonds. The summed E-state index contributed by atoms with van der Waals surface area (Å²) in [6.07, 6.45) is 3.39. The van der Waals surface area contributed by atoms with E-state index < -0.39 is 0 Å². The highest BCUT2D eigenvalue weighted by Crippen LogP contribution is 2.19. The molecule has 0 aliphatic rings. The lowest BCUT2D eigenvalue weighted by Crippen LogP contribution is -2.17. The molecule has 0 bridgehead atoms. The Morgan fingerprint density at radius 1 is 1.22 bits per heavy atom. The second-order valence-corrected chi connectivity index (χ2v) is 6.50. The van der Waals surface area contributed by atoms with E-state index in [2.05, 4.69) is 57.7 Å². The highest BCUT2D eigenvalue weighted by Gasteiger charge is 2.09. The van der Waals surface area contributed by atoms with Crippen LogP contribution in [0.25, 0.3) is 0 Å². The van der Waals surface area contributed by atoms with Crippen LogP contribution in [0.1, 0.15) is 16.9 Å². The summed E-state index contributed by atoms with van der Waals surface area (Å²) in [6, 6.07) is 12.8. The minimum atomic E-state index is 0.571. The molecule has 0 saturated carbocycles. The van der Waals surface area contributed by atoms with Gasteiger partial charge in [0.15, 0.2) is 0 Å². The SMILES string of the molecule is NCC(CCc1cccs1)Cc1cccc(Br)c1. The van der Waals surface area contributed by atoms with E-state index in [1.165, 1.54) is 16.9 Å². The van der Waals surface area contributed by atoms with Crippen molar-refractivity contribution in [3.8, 4) is 0 Å².